The van der Waals surface area contributed by atoms with E-state index >= 15 is 0 Å². The Labute approximate surface area is 482 Å². The summed E-state index contributed by atoms with van der Waals surface area (Å²) in [5.74, 6) is -5.37. The number of anilines is 2. The van der Waals surface area contributed by atoms with E-state index in [1.54, 1.807) is 0 Å². The Morgan fingerprint density at radius 3 is 1.36 bits per heavy atom. The van der Waals surface area contributed by atoms with Crippen LogP contribution in [0.15, 0.2) is 73.1 Å². The molecule has 0 radical (unpaired) electrons. The summed E-state index contributed by atoms with van der Waals surface area (Å²) >= 11 is 6.69. The second kappa shape index (κ2) is 25.5. The van der Waals surface area contributed by atoms with Crippen molar-refractivity contribution in [3.8, 4) is 0 Å². The summed E-state index contributed by atoms with van der Waals surface area (Å²) in [5, 5.41) is 43.3. The number of β-lactam (4-membered cyclic amide) rings is 2. The van der Waals surface area contributed by atoms with Crippen LogP contribution in [-0.2, 0) is 52.5 Å². The molecule has 2 saturated heterocycles. The Balaban J connectivity index is 0.000000267. The van der Waals surface area contributed by atoms with Gasteiger partial charge in [0.25, 0.3) is 23.6 Å². The van der Waals surface area contributed by atoms with Crippen molar-refractivity contribution in [1.82, 2.24) is 59.9 Å². The molecule has 4 atom stereocenters. The molecule has 0 saturated carbocycles. The number of carbonyl (C=O) groups is 6. The van der Waals surface area contributed by atoms with Gasteiger partial charge in [0.15, 0.2) is 32.0 Å². The minimum Gasteiger partial charge on any atom is -0.543 e. The maximum atomic E-state index is 12.9. The number of thioether (sulfide) groups is 4. The quantitative estimate of drug-likeness (QED) is 0.0151. The van der Waals surface area contributed by atoms with Crippen LogP contribution in [0.5, 0.6) is 0 Å². The summed E-state index contributed by atoms with van der Waals surface area (Å²) in [6.45, 7) is 0. The number of nitrogen functional groups attached to an aromatic ring is 2. The molecule has 8 N–H and O–H groups in total. The molecule has 0 aromatic carbocycles. The van der Waals surface area contributed by atoms with Gasteiger partial charge in [-0.25, -0.2) is 9.97 Å². The molecule has 4 amide bonds. The van der Waals surface area contributed by atoms with Gasteiger partial charge >= 0.3 is 81.4 Å². The Morgan fingerprint density at radius 2 is 1.05 bits per heavy atom. The molecule has 2 fully saturated rings. The number of aromatic amines is 2. The molecular weight excluding hydrogens is 1120 g/mol. The second-order valence-corrected chi connectivity index (χ2v) is 20.4. The fourth-order valence-corrected chi connectivity index (χ4v) is 12.8. The van der Waals surface area contributed by atoms with E-state index in [0.29, 0.717) is 11.1 Å². The van der Waals surface area contributed by atoms with Gasteiger partial charge in [0.2, 0.25) is 0 Å². The number of hydrogen-bond donors (Lipinski definition) is 6. The number of H-pyrrole nitrogens is 2. The minimum atomic E-state index is -1.56. The molecule has 0 aliphatic carbocycles. The standard InChI is InChI=1S/2C18H18N8O7S3.2Na/c2*1-25-18(22-12(28)13(29)23-25)36-4-6-3-34-15-9(14(30)26(15)10(6)16(31)32)21-11(27)8(24-33-2)7-5-35-17(19)20-7;;/h2*5,9,15H,3-4H2,1-2H3,(H2,19,20)(H,21,27)(H,23,29)(H,31,32);;/q;;2*+1/p-2. The van der Waals surface area contributed by atoms with Crippen LogP contribution in [0.1, 0.15) is 11.4 Å². The number of nitrogens with two attached hydrogens (primary N) is 2. The number of fused-ring (bicyclic) bond motifs is 2. The molecular formula is C36H34N16Na2O14S6. The maximum absolute atomic E-state index is 12.9. The smallest absolute Gasteiger partial charge is 0.543 e. The summed E-state index contributed by atoms with van der Waals surface area (Å²) in [6, 6.07) is -2.04. The number of amides is 4. The van der Waals surface area contributed by atoms with Crippen molar-refractivity contribution < 1.29 is 108 Å². The van der Waals surface area contributed by atoms with Gasteiger partial charge in [0, 0.05) is 47.9 Å². The molecule has 30 nitrogen and oxygen atoms in total. The van der Waals surface area contributed by atoms with Crippen LogP contribution in [0.25, 0.3) is 0 Å². The van der Waals surface area contributed by atoms with Crippen molar-refractivity contribution in [3.63, 3.8) is 0 Å². The zero-order valence-electron chi connectivity index (χ0n) is 39.1. The third-order valence-electron chi connectivity index (χ3n) is 10.0. The van der Waals surface area contributed by atoms with E-state index in [2.05, 4.69) is 51.1 Å². The molecule has 8 rings (SSSR count). The average molecular weight is 1150 g/mol. The van der Waals surface area contributed by atoms with Crippen molar-refractivity contribution in [1.29, 1.82) is 0 Å². The van der Waals surface area contributed by atoms with E-state index in [1.165, 1.54) is 72.0 Å². The molecule has 4 aliphatic rings. The summed E-state index contributed by atoms with van der Waals surface area (Å²) in [5.41, 5.74) is 7.55. The first-order chi connectivity index (χ1) is 34.2. The minimum absolute atomic E-state index is 0. The number of aliphatic carboxylic acids is 2. The molecule has 4 aliphatic heterocycles. The summed E-state index contributed by atoms with van der Waals surface area (Å²) in [4.78, 5) is 148. The molecule has 8 heterocycles. The van der Waals surface area contributed by atoms with Gasteiger partial charge in [0.05, 0.1) is 23.3 Å². The molecule has 4 aromatic heterocycles. The van der Waals surface area contributed by atoms with Crippen molar-refractivity contribution >= 4 is 127 Å². The Morgan fingerprint density at radius 1 is 0.689 bits per heavy atom. The predicted octanol–water partition coefficient (Wildman–Crippen LogP) is -11.9. The van der Waals surface area contributed by atoms with Gasteiger partial charge in [-0.3, -0.25) is 67.7 Å². The van der Waals surface area contributed by atoms with Gasteiger partial charge < -0.3 is 51.6 Å². The Hall–Kier alpha value is -5.28. The number of nitrogens with zero attached hydrogens (tertiary/aromatic N) is 10. The van der Waals surface area contributed by atoms with Crippen molar-refractivity contribution in [3.05, 3.63) is 86.1 Å². The molecule has 0 bridgehead atoms. The first kappa shape index (κ1) is 59.6. The van der Waals surface area contributed by atoms with Gasteiger partial charge in [0.1, 0.15) is 48.4 Å². The number of nitrogens with one attached hydrogen (secondary N) is 4. The van der Waals surface area contributed by atoms with E-state index in [4.69, 9.17) is 21.1 Å². The van der Waals surface area contributed by atoms with Crippen LogP contribution in [0.4, 0.5) is 10.3 Å². The molecule has 74 heavy (non-hydrogen) atoms. The maximum Gasteiger partial charge on any atom is 1.00 e. The predicted molar refractivity (Wildman–Crippen MR) is 256 cm³/mol. The summed E-state index contributed by atoms with van der Waals surface area (Å²) < 4.78 is 2.48. The Bertz CT molecular complexity index is 3080. The van der Waals surface area contributed by atoms with E-state index in [9.17, 15) is 58.2 Å². The third kappa shape index (κ3) is 12.7. The first-order valence-electron chi connectivity index (χ1n) is 19.9. The van der Waals surface area contributed by atoms with Gasteiger partial charge in [-0.15, -0.1) is 46.2 Å². The molecule has 38 heteroatoms. The number of carboxylic acids is 2. The molecule has 4 aromatic rings. The van der Waals surface area contributed by atoms with E-state index in [1.807, 2.05) is 0 Å². The van der Waals surface area contributed by atoms with Crippen LogP contribution < -0.4 is 114 Å². The summed E-state index contributed by atoms with van der Waals surface area (Å²) in [6.07, 6.45) is 0. The number of aryl methyl sites for hydroxylation is 2. The van der Waals surface area contributed by atoms with Crippen LogP contribution in [0, 0.1) is 0 Å². The second-order valence-electron chi connectivity index (χ2n) is 14.6. The SMILES string of the molecule is CON=C(C(=O)NC1C(=O)N2C(C(=O)[O-])=C(CSc3nc(=O)c(=O)[nH]n3C)CSC12)c1csc(N)n1.CON=C(C(=O)NC1C(=O)N2C(C(=O)[O-])=C(CSc3nc(=O)c(=O)[nH]n3C)CSC12)c1csc(N)n1.[Na+].[Na+]. The zero-order chi connectivity index (χ0) is 52.3. The van der Waals surface area contributed by atoms with E-state index < -0.39 is 80.6 Å². The zero-order valence-corrected chi connectivity index (χ0v) is 48.0. The number of rotatable bonds is 16. The van der Waals surface area contributed by atoms with Crippen molar-refractivity contribution in [2.45, 2.75) is 33.1 Å². The normalized spacial score (nSPS) is 19.0. The number of carboxylic acid groups (broad SMARTS) is 2. The topological polar surface area (TPSA) is 436 Å². The van der Waals surface area contributed by atoms with Crippen LogP contribution >= 0.6 is 69.7 Å². The third-order valence-corrected chi connectivity index (χ3v) is 16.3. The fourth-order valence-electron chi connectivity index (χ4n) is 6.85. The van der Waals surface area contributed by atoms with Crippen molar-refractivity contribution in [2.24, 2.45) is 24.4 Å². The number of hydrogen-bond acceptors (Lipinski definition) is 28. The fraction of sp³-hybridized carbons (Fsp3) is 0.333. The van der Waals surface area contributed by atoms with E-state index in [0.717, 1.165) is 56.0 Å². The van der Waals surface area contributed by atoms with Gasteiger partial charge in [-0.05, 0) is 11.1 Å². The Kier molecular flexibility index (Phi) is 20.5. The number of oxime groups is 2. The largest absolute Gasteiger partial charge is 1.00 e. The number of carbonyl (C=O) groups excluding carboxylic acids is 6. The monoisotopic (exact) mass is 1150 g/mol. The molecule has 0 spiro atoms. The molecule has 4 unspecified atom stereocenters. The van der Waals surface area contributed by atoms with Gasteiger partial charge in [-0.1, -0.05) is 33.8 Å². The number of aromatic nitrogens is 8. The van der Waals surface area contributed by atoms with Crippen LogP contribution in [0.3, 0.4) is 0 Å². The molecule has 380 valence electrons. The van der Waals surface area contributed by atoms with E-state index in [-0.39, 0.29) is 137 Å². The van der Waals surface area contributed by atoms with Gasteiger partial charge in [-0.2, -0.15) is 9.97 Å². The van der Waals surface area contributed by atoms with Crippen LogP contribution in [-0.4, -0.2) is 156 Å². The summed E-state index contributed by atoms with van der Waals surface area (Å²) in [7, 11) is 5.44. The van der Waals surface area contributed by atoms with Crippen LogP contribution in [0.2, 0.25) is 0 Å². The average Bonchev–Trinajstić information content (AvgIpc) is 3.98. The first-order valence-corrected chi connectivity index (χ1v) is 25.7. The van der Waals surface area contributed by atoms with Crippen molar-refractivity contribution in [2.75, 3.05) is 48.7 Å². The number of thiazole rings is 2.